The van der Waals surface area contributed by atoms with Gasteiger partial charge in [-0.3, -0.25) is 0 Å². The minimum absolute atomic E-state index is 0.508. The predicted octanol–water partition coefficient (Wildman–Crippen LogP) is 4.47. The van der Waals surface area contributed by atoms with Crippen LogP contribution in [0.3, 0.4) is 0 Å². The molecule has 1 N–H and O–H groups in total. The highest BCUT2D eigenvalue weighted by atomic mass is 14.4. The number of nitrogens with one attached hydrogen (secondary N) is 1. The molecule has 1 rings (SSSR count). The maximum Gasteiger partial charge on any atom is 0.00891 e. The zero-order valence-electron chi connectivity index (χ0n) is 10.5. The maximum atomic E-state index is 7.74. The molecule has 1 nitrogen and oxygen atoms in total. The maximum absolute atomic E-state index is 7.74. The normalized spacial score (nSPS) is 12.4. The molecule has 1 atom stereocenters. The summed E-state index contributed by atoms with van der Waals surface area (Å²) < 4.78 is 0. The van der Waals surface area contributed by atoms with Crippen LogP contribution in [0.1, 0.15) is 45.1 Å². The molecule has 0 aliphatic rings. The zero-order valence-corrected chi connectivity index (χ0v) is 10.5. The van der Waals surface area contributed by atoms with Crippen molar-refractivity contribution in [2.45, 2.75) is 46.0 Å². The summed E-state index contributed by atoms with van der Waals surface area (Å²) >= 11 is 0. The van der Waals surface area contributed by atoms with Gasteiger partial charge in [0.25, 0.3) is 0 Å². The van der Waals surface area contributed by atoms with Crippen molar-refractivity contribution in [2.24, 2.45) is 5.92 Å². The zero-order chi connectivity index (χ0) is 11.8. The summed E-state index contributed by atoms with van der Waals surface area (Å²) in [5.74, 6) is 0.508. The van der Waals surface area contributed by atoms with Crippen molar-refractivity contribution in [3.05, 3.63) is 35.9 Å². The van der Waals surface area contributed by atoms with Crippen molar-refractivity contribution in [1.82, 2.24) is 0 Å². The van der Waals surface area contributed by atoms with E-state index >= 15 is 0 Å². The molecule has 0 aromatic heterocycles. The van der Waals surface area contributed by atoms with Crippen molar-refractivity contribution in [3.63, 3.8) is 0 Å². The summed E-state index contributed by atoms with van der Waals surface area (Å²) in [6, 6.07) is 10.6. The van der Waals surface area contributed by atoms with E-state index in [2.05, 4.69) is 37.3 Å². The van der Waals surface area contributed by atoms with Crippen molar-refractivity contribution in [3.8, 4) is 0 Å². The van der Waals surface area contributed by atoms with E-state index in [4.69, 9.17) is 5.41 Å². The van der Waals surface area contributed by atoms with Crippen LogP contribution in [0.25, 0.3) is 0 Å². The molecule has 0 aliphatic carbocycles. The molecule has 0 amide bonds. The fourth-order valence-electron chi connectivity index (χ4n) is 2.12. The van der Waals surface area contributed by atoms with Crippen molar-refractivity contribution in [1.29, 1.82) is 5.41 Å². The van der Waals surface area contributed by atoms with Crippen molar-refractivity contribution in [2.75, 3.05) is 0 Å². The van der Waals surface area contributed by atoms with Crippen LogP contribution in [0.5, 0.6) is 0 Å². The van der Waals surface area contributed by atoms with E-state index in [9.17, 15) is 0 Å². The van der Waals surface area contributed by atoms with E-state index in [-0.39, 0.29) is 0 Å². The van der Waals surface area contributed by atoms with E-state index in [1.54, 1.807) is 0 Å². The van der Waals surface area contributed by atoms with Crippen molar-refractivity contribution >= 4 is 5.71 Å². The Bertz CT molecular complexity index is 302. The minimum atomic E-state index is 0.508. The second kappa shape index (κ2) is 7.21. The van der Waals surface area contributed by atoms with Gasteiger partial charge in [0.05, 0.1) is 0 Å². The lowest BCUT2D eigenvalue weighted by Crippen LogP contribution is -2.10. The molecular weight excluding hydrogens is 194 g/mol. The van der Waals surface area contributed by atoms with Crippen molar-refractivity contribution < 1.29 is 0 Å². The van der Waals surface area contributed by atoms with Gasteiger partial charge in [-0.05, 0) is 44.1 Å². The fraction of sp³-hybridized carbons (Fsp3) is 0.533. The molecule has 88 valence electrons. The molecule has 0 aliphatic heterocycles. The van der Waals surface area contributed by atoms with E-state index in [1.807, 2.05) is 6.92 Å². The summed E-state index contributed by atoms with van der Waals surface area (Å²) in [4.78, 5) is 0. The van der Waals surface area contributed by atoms with Crippen LogP contribution in [0, 0.1) is 11.3 Å². The Balaban J connectivity index is 2.31. The summed E-state index contributed by atoms with van der Waals surface area (Å²) in [6.45, 7) is 4.15. The molecule has 0 fully saturated rings. The van der Waals surface area contributed by atoms with E-state index in [0.29, 0.717) is 5.92 Å². The Hall–Kier alpha value is -1.11. The number of benzene rings is 1. The van der Waals surface area contributed by atoms with Gasteiger partial charge in [-0.25, -0.2) is 0 Å². The second-order valence-electron chi connectivity index (χ2n) is 4.55. The third-order valence-electron chi connectivity index (χ3n) is 3.11. The Morgan fingerprint density at radius 1 is 1.19 bits per heavy atom. The average molecular weight is 217 g/mol. The van der Waals surface area contributed by atoms with Gasteiger partial charge in [0.2, 0.25) is 0 Å². The van der Waals surface area contributed by atoms with Gasteiger partial charge in [0.1, 0.15) is 0 Å². The topological polar surface area (TPSA) is 23.9 Å². The van der Waals surface area contributed by atoms with Gasteiger partial charge in [-0.2, -0.15) is 0 Å². The molecular formula is C15H23N. The highest BCUT2D eigenvalue weighted by molar-refractivity contribution is 5.81. The molecule has 0 saturated carbocycles. The van der Waals surface area contributed by atoms with E-state index in [0.717, 1.165) is 18.6 Å². The summed E-state index contributed by atoms with van der Waals surface area (Å²) in [5, 5.41) is 7.74. The van der Waals surface area contributed by atoms with Crippen LogP contribution in [0.15, 0.2) is 30.3 Å². The number of hydrogen-bond donors (Lipinski definition) is 1. The molecule has 0 bridgehead atoms. The van der Waals surface area contributed by atoms with Crippen LogP contribution in [0.2, 0.25) is 0 Å². The Labute approximate surface area is 99.4 Å². The second-order valence-corrected chi connectivity index (χ2v) is 4.55. The first-order chi connectivity index (χ1) is 7.74. The minimum Gasteiger partial charge on any atom is -0.310 e. The highest BCUT2D eigenvalue weighted by Gasteiger charge is 2.09. The summed E-state index contributed by atoms with van der Waals surface area (Å²) in [6.07, 6.45) is 5.87. The standard InChI is InChI=1S/C15H23N/c1-3-8-15(13(2)16)12-7-11-14-9-5-4-6-10-14/h4-6,9-10,15-16H,3,7-8,11-12H2,1-2H3. The molecule has 16 heavy (non-hydrogen) atoms. The summed E-state index contributed by atoms with van der Waals surface area (Å²) in [5.41, 5.74) is 2.27. The first-order valence-electron chi connectivity index (χ1n) is 6.33. The largest absolute Gasteiger partial charge is 0.310 e. The Morgan fingerprint density at radius 3 is 2.44 bits per heavy atom. The fourth-order valence-corrected chi connectivity index (χ4v) is 2.12. The van der Waals surface area contributed by atoms with E-state index < -0.39 is 0 Å². The lowest BCUT2D eigenvalue weighted by Gasteiger charge is -2.14. The van der Waals surface area contributed by atoms with Gasteiger partial charge in [0, 0.05) is 5.71 Å². The molecule has 0 spiro atoms. The van der Waals surface area contributed by atoms with Gasteiger partial charge in [-0.15, -0.1) is 0 Å². The first-order valence-corrected chi connectivity index (χ1v) is 6.33. The molecule has 0 radical (unpaired) electrons. The number of rotatable bonds is 7. The third kappa shape index (κ3) is 4.61. The van der Waals surface area contributed by atoms with Crippen LogP contribution in [0.4, 0.5) is 0 Å². The quantitative estimate of drug-likeness (QED) is 0.652. The van der Waals surface area contributed by atoms with Gasteiger partial charge < -0.3 is 5.41 Å². The molecule has 1 heteroatoms. The number of aryl methyl sites for hydroxylation is 1. The van der Waals surface area contributed by atoms with Gasteiger partial charge >= 0.3 is 0 Å². The predicted molar refractivity (Wildman–Crippen MR) is 71.2 cm³/mol. The Kier molecular flexibility index (Phi) is 5.84. The Morgan fingerprint density at radius 2 is 1.88 bits per heavy atom. The van der Waals surface area contributed by atoms with E-state index in [1.165, 1.54) is 24.8 Å². The molecule has 1 aromatic carbocycles. The monoisotopic (exact) mass is 217 g/mol. The van der Waals surface area contributed by atoms with Crippen LogP contribution >= 0.6 is 0 Å². The first kappa shape index (κ1) is 13.0. The summed E-state index contributed by atoms with van der Waals surface area (Å²) in [7, 11) is 0. The average Bonchev–Trinajstić information content (AvgIpc) is 2.29. The molecule has 1 aromatic rings. The lowest BCUT2D eigenvalue weighted by atomic mass is 9.92. The smallest absolute Gasteiger partial charge is 0.00891 e. The van der Waals surface area contributed by atoms with Gasteiger partial charge in [0.15, 0.2) is 0 Å². The van der Waals surface area contributed by atoms with Crippen LogP contribution < -0.4 is 0 Å². The van der Waals surface area contributed by atoms with Gasteiger partial charge in [-0.1, -0.05) is 43.7 Å². The molecule has 0 saturated heterocycles. The van der Waals surface area contributed by atoms with Crippen LogP contribution in [-0.4, -0.2) is 5.71 Å². The third-order valence-corrected chi connectivity index (χ3v) is 3.11. The lowest BCUT2D eigenvalue weighted by molar-refractivity contribution is 0.539. The number of hydrogen-bond acceptors (Lipinski definition) is 1. The molecule has 0 heterocycles. The molecule has 1 unspecified atom stereocenters. The highest BCUT2D eigenvalue weighted by Crippen LogP contribution is 2.16. The van der Waals surface area contributed by atoms with Crippen LogP contribution in [-0.2, 0) is 6.42 Å². The SMILES string of the molecule is CCCC(CCCc1ccccc1)C(C)=N.